The van der Waals surface area contributed by atoms with Crippen molar-refractivity contribution in [1.29, 1.82) is 0 Å². The molecular weight excluding hydrogens is 338 g/mol. The van der Waals surface area contributed by atoms with Gasteiger partial charge in [0, 0.05) is 50.1 Å². The summed E-state index contributed by atoms with van der Waals surface area (Å²) in [7, 11) is 0. The minimum absolute atomic E-state index is 0.649. The third-order valence-corrected chi connectivity index (χ3v) is 6.26. The third kappa shape index (κ3) is 3.49. The first kappa shape index (κ1) is 16.4. The largest absolute Gasteiger partial charge is 0.304 e. The summed E-state index contributed by atoms with van der Waals surface area (Å²) in [5.41, 5.74) is 0. The van der Waals surface area contributed by atoms with E-state index in [9.17, 15) is 0 Å². The molecule has 0 amide bonds. The molecule has 3 heterocycles. The summed E-state index contributed by atoms with van der Waals surface area (Å²) in [5, 5.41) is 7.00. The Kier molecular flexibility index (Phi) is 4.85. The lowest BCUT2D eigenvalue weighted by molar-refractivity contribution is 0.0985. The Hall–Kier alpha value is -1.02. The van der Waals surface area contributed by atoms with Crippen LogP contribution in [0, 0.1) is 4.77 Å². The number of piperazine rings is 1. The molecule has 0 radical (unpaired) electrons. The lowest BCUT2D eigenvalue weighted by Crippen LogP contribution is -2.46. The highest BCUT2D eigenvalue weighted by molar-refractivity contribution is 7.71. The van der Waals surface area contributed by atoms with Crippen LogP contribution >= 0.6 is 23.6 Å². The topological polar surface area (TPSA) is 29.2 Å². The second-order valence-electron chi connectivity index (χ2n) is 6.77. The first-order chi connectivity index (χ1) is 11.7. The molecule has 1 saturated heterocycles. The molecule has 0 atom stereocenters. The van der Waals surface area contributed by atoms with Crippen LogP contribution in [0.5, 0.6) is 0 Å². The van der Waals surface area contributed by atoms with E-state index in [-0.39, 0.29) is 0 Å². The molecule has 2 aromatic rings. The molecule has 24 heavy (non-hydrogen) atoms. The van der Waals surface area contributed by atoms with Gasteiger partial charge in [-0.15, -0.1) is 11.3 Å². The Bertz CT molecular complexity index is 721. The number of rotatable bonds is 6. The van der Waals surface area contributed by atoms with Gasteiger partial charge in [-0.3, -0.25) is 9.80 Å². The second kappa shape index (κ2) is 7.07. The van der Waals surface area contributed by atoms with Gasteiger partial charge in [0.2, 0.25) is 0 Å². The van der Waals surface area contributed by atoms with E-state index >= 15 is 0 Å². The average molecular weight is 364 g/mol. The molecule has 1 aliphatic carbocycles. The summed E-state index contributed by atoms with van der Waals surface area (Å²) >= 11 is 7.51. The van der Waals surface area contributed by atoms with Gasteiger partial charge in [0.15, 0.2) is 4.77 Å². The van der Waals surface area contributed by atoms with Crippen molar-refractivity contribution in [3.63, 3.8) is 0 Å². The van der Waals surface area contributed by atoms with Gasteiger partial charge < -0.3 is 4.57 Å². The molecule has 5 nitrogen and oxygen atoms in total. The van der Waals surface area contributed by atoms with Gasteiger partial charge >= 0.3 is 0 Å². The maximum atomic E-state index is 5.66. The van der Waals surface area contributed by atoms with Crippen molar-refractivity contribution in [3.05, 3.63) is 33.0 Å². The van der Waals surface area contributed by atoms with Gasteiger partial charge in [0.1, 0.15) is 5.82 Å². The minimum atomic E-state index is 0.649. The van der Waals surface area contributed by atoms with E-state index in [1.165, 1.54) is 23.5 Å². The van der Waals surface area contributed by atoms with Crippen molar-refractivity contribution in [1.82, 2.24) is 24.1 Å². The summed E-state index contributed by atoms with van der Waals surface area (Å²) in [6, 6.07) is 4.37. The highest BCUT2D eigenvalue weighted by atomic mass is 32.1. The Labute approximate surface area is 152 Å². The Morgan fingerprint density at radius 2 is 1.96 bits per heavy atom. The molecule has 0 N–H and O–H groups in total. The molecule has 1 saturated carbocycles. The van der Waals surface area contributed by atoms with E-state index in [0.29, 0.717) is 5.92 Å². The van der Waals surface area contributed by atoms with Crippen LogP contribution in [0.4, 0.5) is 0 Å². The van der Waals surface area contributed by atoms with Crippen molar-refractivity contribution < 1.29 is 0 Å². The lowest BCUT2D eigenvalue weighted by atomic mass is 10.3. The molecule has 0 bridgehead atoms. The van der Waals surface area contributed by atoms with Gasteiger partial charge in [0.25, 0.3) is 0 Å². The summed E-state index contributed by atoms with van der Waals surface area (Å²) < 4.78 is 5.15. The predicted octanol–water partition coefficient (Wildman–Crippen LogP) is 3.15. The number of aromatic nitrogens is 3. The van der Waals surface area contributed by atoms with E-state index in [1.54, 1.807) is 0 Å². The van der Waals surface area contributed by atoms with Crippen LogP contribution in [0.15, 0.2) is 17.5 Å². The van der Waals surface area contributed by atoms with E-state index in [0.717, 1.165) is 50.7 Å². The van der Waals surface area contributed by atoms with Gasteiger partial charge in [-0.1, -0.05) is 6.07 Å². The summed E-state index contributed by atoms with van der Waals surface area (Å²) in [4.78, 5) is 6.48. The van der Waals surface area contributed by atoms with E-state index in [1.807, 2.05) is 16.0 Å². The molecule has 7 heteroatoms. The number of thiophene rings is 1. The van der Waals surface area contributed by atoms with Crippen molar-refractivity contribution in [2.75, 3.05) is 26.2 Å². The maximum Gasteiger partial charge on any atom is 0.199 e. The molecule has 2 aromatic heterocycles. The Morgan fingerprint density at radius 1 is 1.21 bits per heavy atom. The van der Waals surface area contributed by atoms with Gasteiger partial charge in [-0.25, -0.2) is 4.68 Å². The monoisotopic (exact) mass is 363 g/mol. The smallest absolute Gasteiger partial charge is 0.199 e. The zero-order valence-corrected chi connectivity index (χ0v) is 15.9. The quantitative estimate of drug-likeness (QED) is 0.738. The van der Waals surface area contributed by atoms with E-state index in [2.05, 4.69) is 38.8 Å². The molecule has 2 aliphatic rings. The highest BCUT2D eigenvalue weighted by Crippen LogP contribution is 2.39. The predicted molar refractivity (Wildman–Crippen MR) is 99.9 cm³/mol. The molecule has 1 aliphatic heterocycles. The summed E-state index contributed by atoms with van der Waals surface area (Å²) in [5.74, 6) is 1.86. The second-order valence-corrected chi connectivity index (χ2v) is 8.17. The summed E-state index contributed by atoms with van der Waals surface area (Å²) in [6.45, 7) is 9.43. The van der Waals surface area contributed by atoms with Crippen LogP contribution in [0.25, 0.3) is 0 Å². The van der Waals surface area contributed by atoms with Crippen molar-refractivity contribution in [2.24, 2.45) is 0 Å². The minimum Gasteiger partial charge on any atom is -0.304 e. The SMILES string of the molecule is CCn1c(C2CC2)nn(CN2CCN(Cc3cccs3)CC2)c1=S. The van der Waals surface area contributed by atoms with Gasteiger partial charge in [0.05, 0.1) is 6.67 Å². The highest BCUT2D eigenvalue weighted by Gasteiger charge is 2.30. The molecule has 130 valence electrons. The fourth-order valence-electron chi connectivity index (χ4n) is 3.39. The standard InChI is InChI=1S/C17H25N5S2/c1-2-21-16(14-5-6-14)18-22(17(21)23)13-20-9-7-19(8-10-20)12-15-4-3-11-24-15/h3-4,11,14H,2,5-10,12-13H2,1H3. The van der Waals surface area contributed by atoms with Crippen molar-refractivity contribution >= 4 is 23.6 Å². The normalized spacial score (nSPS) is 19.9. The van der Waals surface area contributed by atoms with Gasteiger partial charge in [-0.05, 0) is 43.4 Å². The van der Waals surface area contributed by atoms with Crippen LogP contribution in [0.3, 0.4) is 0 Å². The fourth-order valence-corrected chi connectivity index (χ4v) is 4.46. The molecule has 0 aromatic carbocycles. The van der Waals surface area contributed by atoms with Crippen LogP contribution in [-0.2, 0) is 19.8 Å². The molecule has 2 fully saturated rings. The molecule has 0 unspecified atom stereocenters. The average Bonchev–Trinajstić information content (AvgIpc) is 3.23. The first-order valence-electron chi connectivity index (χ1n) is 8.89. The zero-order valence-electron chi connectivity index (χ0n) is 14.2. The molecule has 4 rings (SSSR count). The number of hydrogen-bond donors (Lipinski definition) is 0. The fraction of sp³-hybridized carbons (Fsp3) is 0.647. The van der Waals surface area contributed by atoms with Crippen LogP contribution in [0.1, 0.15) is 36.4 Å². The first-order valence-corrected chi connectivity index (χ1v) is 10.2. The molecular formula is C17H25N5S2. The number of nitrogens with zero attached hydrogens (tertiary/aromatic N) is 5. The maximum absolute atomic E-state index is 5.66. The molecule has 0 spiro atoms. The van der Waals surface area contributed by atoms with E-state index < -0.39 is 0 Å². The number of hydrogen-bond acceptors (Lipinski definition) is 5. The van der Waals surface area contributed by atoms with E-state index in [4.69, 9.17) is 17.3 Å². The van der Waals surface area contributed by atoms with Crippen LogP contribution in [0.2, 0.25) is 0 Å². The van der Waals surface area contributed by atoms with Crippen molar-refractivity contribution in [2.45, 2.75) is 45.4 Å². The zero-order chi connectivity index (χ0) is 16.5. The summed E-state index contributed by atoms with van der Waals surface area (Å²) in [6.07, 6.45) is 2.54. The van der Waals surface area contributed by atoms with Crippen LogP contribution < -0.4 is 0 Å². The Balaban J connectivity index is 1.36. The van der Waals surface area contributed by atoms with Gasteiger partial charge in [-0.2, -0.15) is 5.10 Å². The van der Waals surface area contributed by atoms with Crippen LogP contribution in [-0.4, -0.2) is 50.3 Å². The third-order valence-electron chi connectivity index (χ3n) is 4.97. The Morgan fingerprint density at radius 3 is 2.58 bits per heavy atom. The van der Waals surface area contributed by atoms with Crippen molar-refractivity contribution in [3.8, 4) is 0 Å². The lowest BCUT2D eigenvalue weighted by Gasteiger charge is -2.34.